The molecule has 2 aromatic heterocycles. The van der Waals surface area contributed by atoms with Crippen LogP contribution in [-0.4, -0.2) is 39.9 Å². The third-order valence-corrected chi connectivity index (χ3v) is 5.54. The number of anilines is 1. The highest BCUT2D eigenvalue weighted by atomic mass is 19.1. The van der Waals surface area contributed by atoms with Gasteiger partial charge < -0.3 is 14.5 Å². The van der Waals surface area contributed by atoms with E-state index >= 15 is 0 Å². The quantitative estimate of drug-likeness (QED) is 0.683. The van der Waals surface area contributed by atoms with Crippen molar-refractivity contribution >= 4 is 5.82 Å². The van der Waals surface area contributed by atoms with Gasteiger partial charge in [0.1, 0.15) is 11.6 Å². The number of hydrogen-bond acceptors (Lipinski definition) is 6. The summed E-state index contributed by atoms with van der Waals surface area (Å²) in [5.74, 6) is 1.93. The minimum atomic E-state index is -0.273. The van der Waals surface area contributed by atoms with Crippen LogP contribution in [0.2, 0.25) is 0 Å². The number of nitrogens with zero attached hydrogens (tertiary/aromatic N) is 4. The molecule has 0 amide bonds. The summed E-state index contributed by atoms with van der Waals surface area (Å²) >= 11 is 0. The number of aromatic nitrogens is 3. The number of aliphatic hydroxyl groups is 1. The van der Waals surface area contributed by atoms with E-state index in [0.717, 1.165) is 29.9 Å². The standard InChI is InChI=1S/C22H25FN4O2/c1-15(2)20-25-21(29-26-20)17-7-9-24-19(11-17)27-10-8-22(13-27,14-28)12-16-3-5-18(23)6-4-16/h3-7,9,11,15,28H,8,10,12-14H2,1-2H3. The molecule has 6 nitrogen and oxygen atoms in total. The van der Waals surface area contributed by atoms with Crippen LogP contribution in [-0.2, 0) is 6.42 Å². The van der Waals surface area contributed by atoms with Crippen molar-refractivity contribution in [3.63, 3.8) is 0 Å². The molecule has 1 aromatic carbocycles. The van der Waals surface area contributed by atoms with Gasteiger partial charge in [0.25, 0.3) is 5.89 Å². The lowest BCUT2D eigenvalue weighted by Crippen LogP contribution is -2.32. The smallest absolute Gasteiger partial charge is 0.258 e. The first kappa shape index (κ1) is 19.5. The second-order valence-corrected chi connectivity index (χ2v) is 8.15. The van der Waals surface area contributed by atoms with E-state index in [0.29, 0.717) is 24.7 Å². The van der Waals surface area contributed by atoms with Crippen LogP contribution in [0.4, 0.5) is 10.2 Å². The van der Waals surface area contributed by atoms with E-state index in [1.807, 2.05) is 26.0 Å². The molecule has 3 heterocycles. The van der Waals surface area contributed by atoms with E-state index in [1.54, 1.807) is 18.3 Å². The molecule has 0 bridgehead atoms. The van der Waals surface area contributed by atoms with Crippen LogP contribution in [0, 0.1) is 11.2 Å². The fourth-order valence-corrected chi connectivity index (χ4v) is 3.81. The van der Waals surface area contributed by atoms with E-state index < -0.39 is 0 Å². The van der Waals surface area contributed by atoms with E-state index in [4.69, 9.17) is 4.52 Å². The lowest BCUT2D eigenvalue weighted by atomic mass is 9.81. The van der Waals surface area contributed by atoms with Crippen LogP contribution in [0.3, 0.4) is 0 Å². The Morgan fingerprint density at radius 3 is 2.72 bits per heavy atom. The molecule has 0 saturated carbocycles. The van der Waals surface area contributed by atoms with Crippen LogP contribution in [0.5, 0.6) is 0 Å². The summed E-state index contributed by atoms with van der Waals surface area (Å²) in [7, 11) is 0. The fraction of sp³-hybridized carbons (Fsp3) is 0.409. The highest BCUT2D eigenvalue weighted by Gasteiger charge is 2.38. The summed E-state index contributed by atoms with van der Waals surface area (Å²) in [6, 6.07) is 10.3. The molecule has 1 aliphatic heterocycles. The predicted octanol–water partition coefficient (Wildman–Crippen LogP) is 3.83. The first-order valence-corrected chi connectivity index (χ1v) is 9.88. The summed E-state index contributed by atoms with van der Waals surface area (Å²) in [6.45, 7) is 5.58. The van der Waals surface area contributed by atoms with Crippen molar-refractivity contribution in [3.8, 4) is 11.5 Å². The minimum Gasteiger partial charge on any atom is -0.396 e. The normalized spacial score (nSPS) is 19.3. The molecule has 1 aliphatic rings. The second kappa shape index (κ2) is 7.91. The Kier molecular flexibility index (Phi) is 5.32. The zero-order chi connectivity index (χ0) is 20.4. The Bertz CT molecular complexity index is 973. The highest BCUT2D eigenvalue weighted by molar-refractivity contribution is 5.59. The third kappa shape index (κ3) is 4.15. The van der Waals surface area contributed by atoms with E-state index in [-0.39, 0.29) is 23.8 Å². The van der Waals surface area contributed by atoms with Crippen molar-refractivity contribution in [1.29, 1.82) is 0 Å². The third-order valence-electron chi connectivity index (χ3n) is 5.54. The summed E-state index contributed by atoms with van der Waals surface area (Å²) in [5, 5.41) is 14.2. The number of aliphatic hydroxyl groups excluding tert-OH is 1. The van der Waals surface area contributed by atoms with Crippen molar-refractivity contribution in [2.45, 2.75) is 32.6 Å². The van der Waals surface area contributed by atoms with Gasteiger partial charge in [-0.15, -0.1) is 0 Å². The summed E-state index contributed by atoms with van der Waals surface area (Å²) in [5.41, 5.74) is 1.58. The molecule has 0 spiro atoms. The largest absolute Gasteiger partial charge is 0.396 e. The van der Waals surface area contributed by atoms with Crippen LogP contribution in [0.25, 0.3) is 11.5 Å². The molecule has 1 N–H and O–H groups in total. The first-order chi connectivity index (χ1) is 14.0. The Labute approximate surface area is 169 Å². The molecule has 29 heavy (non-hydrogen) atoms. The monoisotopic (exact) mass is 396 g/mol. The maximum atomic E-state index is 13.2. The second-order valence-electron chi connectivity index (χ2n) is 8.15. The predicted molar refractivity (Wildman–Crippen MR) is 108 cm³/mol. The first-order valence-electron chi connectivity index (χ1n) is 9.88. The number of rotatable bonds is 6. The van der Waals surface area contributed by atoms with Crippen molar-refractivity contribution in [2.24, 2.45) is 5.41 Å². The molecular formula is C22H25FN4O2. The van der Waals surface area contributed by atoms with Gasteiger partial charge in [-0.05, 0) is 42.7 Å². The SMILES string of the molecule is CC(C)c1noc(-c2ccnc(N3CCC(CO)(Cc4ccc(F)cc4)C3)c2)n1. The van der Waals surface area contributed by atoms with Crippen molar-refractivity contribution < 1.29 is 14.0 Å². The van der Waals surface area contributed by atoms with Gasteiger partial charge in [0.15, 0.2) is 5.82 Å². The summed E-state index contributed by atoms with van der Waals surface area (Å²) in [4.78, 5) is 11.1. The summed E-state index contributed by atoms with van der Waals surface area (Å²) in [6.07, 6.45) is 3.27. The lowest BCUT2D eigenvalue weighted by molar-refractivity contribution is 0.144. The van der Waals surface area contributed by atoms with Gasteiger partial charge in [-0.2, -0.15) is 4.98 Å². The molecule has 0 aliphatic carbocycles. The van der Waals surface area contributed by atoms with Crippen LogP contribution in [0.15, 0.2) is 47.1 Å². The van der Waals surface area contributed by atoms with E-state index in [2.05, 4.69) is 20.0 Å². The minimum absolute atomic E-state index is 0.0714. The zero-order valence-electron chi connectivity index (χ0n) is 16.7. The Morgan fingerprint density at radius 2 is 2.03 bits per heavy atom. The average molecular weight is 396 g/mol. The average Bonchev–Trinajstić information content (AvgIpc) is 3.38. The van der Waals surface area contributed by atoms with Gasteiger partial charge in [-0.3, -0.25) is 0 Å². The molecule has 1 unspecified atom stereocenters. The van der Waals surface area contributed by atoms with Crippen LogP contribution < -0.4 is 4.90 Å². The Morgan fingerprint density at radius 1 is 1.24 bits per heavy atom. The molecular weight excluding hydrogens is 371 g/mol. The molecule has 1 atom stereocenters. The lowest BCUT2D eigenvalue weighted by Gasteiger charge is -2.27. The number of hydrogen-bond donors (Lipinski definition) is 1. The number of halogens is 1. The fourth-order valence-electron chi connectivity index (χ4n) is 3.81. The number of pyridine rings is 1. The maximum absolute atomic E-state index is 13.2. The molecule has 1 saturated heterocycles. The van der Waals surface area contributed by atoms with Crippen molar-refractivity contribution in [1.82, 2.24) is 15.1 Å². The van der Waals surface area contributed by atoms with Crippen LogP contribution in [0.1, 0.15) is 37.6 Å². The van der Waals surface area contributed by atoms with E-state index in [1.165, 1.54) is 12.1 Å². The molecule has 0 radical (unpaired) electrons. The van der Waals surface area contributed by atoms with Gasteiger partial charge >= 0.3 is 0 Å². The highest BCUT2D eigenvalue weighted by Crippen LogP contribution is 2.36. The molecule has 7 heteroatoms. The Balaban J connectivity index is 1.52. The van der Waals surface area contributed by atoms with Gasteiger partial charge in [0.2, 0.25) is 0 Å². The molecule has 1 fully saturated rings. The van der Waals surface area contributed by atoms with E-state index in [9.17, 15) is 9.50 Å². The molecule has 3 aromatic rings. The van der Waals surface area contributed by atoms with Crippen molar-refractivity contribution in [3.05, 3.63) is 59.8 Å². The number of benzene rings is 1. The summed E-state index contributed by atoms with van der Waals surface area (Å²) < 4.78 is 18.6. The van der Waals surface area contributed by atoms with Gasteiger partial charge in [0, 0.05) is 36.2 Å². The van der Waals surface area contributed by atoms with Crippen LogP contribution >= 0.6 is 0 Å². The zero-order valence-corrected chi connectivity index (χ0v) is 16.7. The molecule has 4 rings (SSSR count). The van der Waals surface area contributed by atoms with Gasteiger partial charge in [-0.25, -0.2) is 9.37 Å². The Hall–Kier alpha value is -2.80. The van der Waals surface area contributed by atoms with Gasteiger partial charge in [0.05, 0.1) is 6.61 Å². The molecule has 152 valence electrons. The topological polar surface area (TPSA) is 75.3 Å². The van der Waals surface area contributed by atoms with Crippen molar-refractivity contribution in [2.75, 3.05) is 24.6 Å². The van der Waals surface area contributed by atoms with Gasteiger partial charge in [-0.1, -0.05) is 31.1 Å². The maximum Gasteiger partial charge on any atom is 0.258 e.